The fourth-order valence-electron chi connectivity index (χ4n) is 7.74. The van der Waals surface area contributed by atoms with Crippen LogP contribution in [-0.4, -0.2) is 24.5 Å². The summed E-state index contributed by atoms with van der Waals surface area (Å²) < 4.78 is 8.85. The Balaban J connectivity index is 1.11. The van der Waals surface area contributed by atoms with Crippen molar-refractivity contribution < 1.29 is 4.42 Å². The Bertz CT molecular complexity index is 3170. The fraction of sp³-hybridized carbons (Fsp3) is 0. The van der Waals surface area contributed by atoms with Crippen molar-refractivity contribution in [2.24, 2.45) is 0 Å². The van der Waals surface area contributed by atoms with E-state index in [2.05, 4.69) is 114 Å². The molecule has 0 bridgehead atoms. The minimum absolute atomic E-state index is 0.566. The maximum absolute atomic E-state index is 6.54. The van der Waals surface area contributed by atoms with Gasteiger partial charge in [0.05, 0.1) is 27.6 Å². The lowest BCUT2D eigenvalue weighted by molar-refractivity contribution is 0.672. The summed E-state index contributed by atoms with van der Waals surface area (Å²) in [4.78, 5) is 20.6. The number of pyridine rings is 1. The molecule has 0 fully saturated rings. The Hall–Kier alpha value is -7.44. The average Bonchev–Trinajstić information content (AvgIpc) is 3.80. The molecule has 0 aliphatic carbocycles. The van der Waals surface area contributed by atoms with Gasteiger partial charge in [0.25, 0.3) is 0 Å². The van der Waals surface area contributed by atoms with E-state index < -0.39 is 0 Å². The SMILES string of the molecule is c1ccc(-c2nc(-c3cccc(-n4c5ccccc5c5ccccc54)c3)nc(-c3ccc4c(c3)nc(-c3ccccc3)c3c5ccccc5oc43)n2)cc1. The number of aromatic nitrogens is 5. The van der Waals surface area contributed by atoms with Gasteiger partial charge in [0.1, 0.15) is 11.2 Å². The van der Waals surface area contributed by atoms with E-state index in [1.807, 2.05) is 66.7 Å². The Labute approximate surface area is 309 Å². The zero-order chi connectivity index (χ0) is 35.6. The first-order chi connectivity index (χ1) is 26.8. The molecule has 6 nitrogen and oxygen atoms in total. The summed E-state index contributed by atoms with van der Waals surface area (Å²) in [5.41, 5.74) is 10.3. The normalized spacial score (nSPS) is 11.7. The van der Waals surface area contributed by atoms with Gasteiger partial charge in [-0.15, -0.1) is 0 Å². The molecule has 7 aromatic carbocycles. The van der Waals surface area contributed by atoms with Crippen LogP contribution in [0.5, 0.6) is 0 Å². The summed E-state index contributed by atoms with van der Waals surface area (Å²) in [7, 11) is 0. The number of rotatable bonds is 5. The van der Waals surface area contributed by atoms with E-state index in [1.165, 1.54) is 10.8 Å². The second kappa shape index (κ2) is 12.1. The van der Waals surface area contributed by atoms with E-state index in [9.17, 15) is 0 Å². The van der Waals surface area contributed by atoms with Gasteiger partial charge in [-0.25, -0.2) is 19.9 Å². The minimum atomic E-state index is 0.566. The van der Waals surface area contributed by atoms with E-state index >= 15 is 0 Å². The van der Waals surface area contributed by atoms with Gasteiger partial charge >= 0.3 is 0 Å². The van der Waals surface area contributed by atoms with E-state index in [0.29, 0.717) is 17.5 Å². The largest absolute Gasteiger partial charge is 0.455 e. The second-order valence-corrected chi connectivity index (χ2v) is 13.5. The molecular weight excluding hydrogens is 663 g/mol. The van der Waals surface area contributed by atoms with Crippen LogP contribution >= 0.6 is 0 Å². The molecular formula is C48H29N5O. The van der Waals surface area contributed by atoms with E-state index in [4.69, 9.17) is 24.4 Å². The fourth-order valence-corrected chi connectivity index (χ4v) is 7.74. The predicted molar refractivity (Wildman–Crippen MR) is 218 cm³/mol. The quantitative estimate of drug-likeness (QED) is 0.180. The molecule has 0 spiro atoms. The third-order valence-electron chi connectivity index (χ3n) is 10.2. The van der Waals surface area contributed by atoms with Gasteiger partial charge < -0.3 is 8.98 Å². The number of furan rings is 1. The minimum Gasteiger partial charge on any atom is -0.455 e. The van der Waals surface area contributed by atoms with Crippen molar-refractivity contribution in [3.63, 3.8) is 0 Å². The number of para-hydroxylation sites is 3. The molecule has 0 N–H and O–H groups in total. The highest BCUT2D eigenvalue weighted by Crippen LogP contribution is 2.40. The molecule has 6 heteroatoms. The van der Waals surface area contributed by atoms with Crippen LogP contribution in [0.1, 0.15) is 0 Å². The van der Waals surface area contributed by atoms with E-state index in [-0.39, 0.29) is 0 Å². The number of hydrogen-bond donors (Lipinski definition) is 0. The van der Waals surface area contributed by atoms with Crippen molar-refractivity contribution in [3.05, 3.63) is 176 Å². The standard InChI is InChI=1S/C48H29N5O/c1-3-14-30(15-4-1)44-43-38-22-9-12-25-42(38)54-45(43)37-27-26-33(29-39(37)49-44)48-51-46(31-16-5-2-6-17-31)50-47(52-48)32-18-13-19-34(28-32)53-40-23-10-7-20-35(40)36-21-8-11-24-41(36)53/h1-29H. The van der Waals surface area contributed by atoms with Crippen LogP contribution in [0.3, 0.4) is 0 Å². The highest BCUT2D eigenvalue weighted by molar-refractivity contribution is 6.19. The van der Waals surface area contributed by atoms with Crippen molar-refractivity contribution in [2.45, 2.75) is 0 Å². The smallest absolute Gasteiger partial charge is 0.164 e. The van der Waals surface area contributed by atoms with Gasteiger partial charge in [-0.2, -0.15) is 0 Å². The first kappa shape index (κ1) is 30.2. The first-order valence-electron chi connectivity index (χ1n) is 18.0. The van der Waals surface area contributed by atoms with Crippen molar-refractivity contribution in [2.75, 3.05) is 0 Å². The summed E-state index contributed by atoms with van der Waals surface area (Å²) in [6, 6.07) is 60.2. The molecule has 0 aliphatic rings. The molecule has 0 atom stereocenters. The van der Waals surface area contributed by atoms with Crippen molar-refractivity contribution >= 4 is 54.6 Å². The lowest BCUT2D eigenvalue weighted by atomic mass is 10.0. The monoisotopic (exact) mass is 691 g/mol. The molecule has 11 aromatic rings. The van der Waals surface area contributed by atoms with Gasteiger partial charge in [-0.05, 0) is 42.5 Å². The third kappa shape index (κ3) is 4.81. The van der Waals surface area contributed by atoms with Gasteiger partial charge in [0.15, 0.2) is 17.5 Å². The van der Waals surface area contributed by atoms with Gasteiger partial charge in [-0.3, -0.25) is 0 Å². The molecule has 54 heavy (non-hydrogen) atoms. The number of hydrogen-bond acceptors (Lipinski definition) is 5. The lowest BCUT2D eigenvalue weighted by Gasteiger charge is -2.12. The van der Waals surface area contributed by atoms with Gasteiger partial charge in [0, 0.05) is 49.5 Å². The predicted octanol–water partition coefficient (Wildman–Crippen LogP) is 12.1. The zero-order valence-electron chi connectivity index (χ0n) is 28.9. The van der Waals surface area contributed by atoms with Gasteiger partial charge in [0.2, 0.25) is 0 Å². The Morgan fingerprint density at radius 1 is 0.389 bits per heavy atom. The molecule has 11 rings (SSSR count). The van der Waals surface area contributed by atoms with Crippen LogP contribution in [0.2, 0.25) is 0 Å². The van der Waals surface area contributed by atoms with Crippen molar-refractivity contribution in [1.29, 1.82) is 0 Å². The maximum Gasteiger partial charge on any atom is 0.164 e. The topological polar surface area (TPSA) is 69.6 Å². The highest BCUT2D eigenvalue weighted by Gasteiger charge is 2.20. The summed E-state index contributed by atoms with van der Waals surface area (Å²) in [6.07, 6.45) is 0. The Morgan fingerprint density at radius 2 is 0.944 bits per heavy atom. The molecule has 0 saturated heterocycles. The number of fused-ring (bicyclic) bond motifs is 8. The van der Waals surface area contributed by atoms with Crippen LogP contribution in [0.4, 0.5) is 0 Å². The van der Waals surface area contributed by atoms with Crippen LogP contribution in [0.15, 0.2) is 180 Å². The lowest BCUT2D eigenvalue weighted by Crippen LogP contribution is -2.01. The zero-order valence-corrected chi connectivity index (χ0v) is 28.9. The number of nitrogens with zero attached hydrogens (tertiary/aromatic N) is 5. The summed E-state index contributed by atoms with van der Waals surface area (Å²) in [5.74, 6) is 1.76. The molecule has 0 aliphatic heterocycles. The van der Waals surface area contributed by atoms with Crippen LogP contribution in [0, 0.1) is 0 Å². The van der Waals surface area contributed by atoms with E-state index in [0.717, 1.165) is 77.5 Å². The van der Waals surface area contributed by atoms with Crippen LogP contribution in [0.25, 0.3) is 106 Å². The Kier molecular flexibility index (Phi) is 6.75. The van der Waals surface area contributed by atoms with Crippen molar-refractivity contribution in [1.82, 2.24) is 24.5 Å². The average molecular weight is 692 g/mol. The molecule has 0 amide bonds. The van der Waals surface area contributed by atoms with Crippen LogP contribution in [-0.2, 0) is 0 Å². The van der Waals surface area contributed by atoms with E-state index in [1.54, 1.807) is 0 Å². The van der Waals surface area contributed by atoms with Crippen LogP contribution < -0.4 is 0 Å². The summed E-state index contributed by atoms with van der Waals surface area (Å²) >= 11 is 0. The third-order valence-corrected chi connectivity index (χ3v) is 10.2. The Morgan fingerprint density at radius 3 is 1.65 bits per heavy atom. The molecule has 4 aromatic heterocycles. The molecule has 4 heterocycles. The maximum atomic E-state index is 6.54. The van der Waals surface area contributed by atoms with Gasteiger partial charge in [-0.1, -0.05) is 133 Å². The highest BCUT2D eigenvalue weighted by atomic mass is 16.3. The summed E-state index contributed by atoms with van der Waals surface area (Å²) in [6.45, 7) is 0. The first-order valence-corrected chi connectivity index (χ1v) is 18.0. The molecule has 0 saturated carbocycles. The molecule has 252 valence electrons. The molecule has 0 unspecified atom stereocenters. The second-order valence-electron chi connectivity index (χ2n) is 13.5. The van der Waals surface area contributed by atoms with Crippen molar-refractivity contribution in [3.8, 4) is 51.1 Å². The summed E-state index contributed by atoms with van der Waals surface area (Å²) in [5, 5.41) is 5.41. The molecule has 0 radical (unpaired) electrons. The number of benzene rings is 7.